The number of halogens is 1. The Bertz CT molecular complexity index is 355. The first-order chi connectivity index (χ1) is 8.56. The Morgan fingerprint density at radius 2 is 1.83 bits per heavy atom. The standard InChI is InChI=1S/C15H24FNO/c1-4-15(5-2,6-3)17-11-14(18)12-8-7-9-13(16)10-12/h7-10,14,17-18H,4-6,11H2,1-3H3. The molecule has 1 rings (SSSR count). The molecule has 0 spiro atoms. The first-order valence-electron chi connectivity index (χ1n) is 6.75. The van der Waals surface area contributed by atoms with Crippen LogP contribution in [-0.4, -0.2) is 17.2 Å². The molecule has 1 atom stereocenters. The predicted molar refractivity (Wildman–Crippen MR) is 73.0 cm³/mol. The highest BCUT2D eigenvalue weighted by Gasteiger charge is 2.24. The van der Waals surface area contributed by atoms with Gasteiger partial charge >= 0.3 is 0 Å². The van der Waals surface area contributed by atoms with Gasteiger partial charge in [0.15, 0.2) is 0 Å². The number of rotatable bonds is 7. The second kappa shape index (κ2) is 6.86. The molecule has 0 heterocycles. The first kappa shape index (κ1) is 15.1. The molecule has 0 saturated carbocycles. The van der Waals surface area contributed by atoms with Crippen molar-refractivity contribution in [2.45, 2.75) is 51.7 Å². The lowest BCUT2D eigenvalue weighted by atomic mass is 9.89. The van der Waals surface area contributed by atoms with Crippen LogP contribution in [0.4, 0.5) is 4.39 Å². The number of aliphatic hydroxyl groups excluding tert-OH is 1. The van der Waals surface area contributed by atoms with Crippen LogP contribution in [0.5, 0.6) is 0 Å². The SMILES string of the molecule is CCC(CC)(CC)NCC(O)c1cccc(F)c1. The highest BCUT2D eigenvalue weighted by Crippen LogP contribution is 2.21. The minimum Gasteiger partial charge on any atom is -0.387 e. The smallest absolute Gasteiger partial charge is 0.123 e. The van der Waals surface area contributed by atoms with E-state index in [4.69, 9.17) is 0 Å². The summed E-state index contributed by atoms with van der Waals surface area (Å²) < 4.78 is 13.1. The van der Waals surface area contributed by atoms with E-state index < -0.39 is 6.10 Å². The van der Waals surface area contributed by atoms with Crippen LogP contribution in [0.25, 0.3) is 0 Å². The highest BCUT2D eigenvalue weighted by molar-refractivity contribution is 5.19. The summed E-state index contributed by atoms with van der Waals surface area (Å²) in [4.78, 5) is 0. The highest BCUT2D eigenvalue weighted by atomic mass is 19.1. The van der Waals surface area contributed by atoms with Gasteiger partial charge in [-0.3, -0.25) is 0 Å². The number of hydrogen-bond donors (Lipinski definition) is 2. The average Bonchev–Trinajstić information content (AvgIpc) is 2.40. The maximum absolute atomic E-state index is 13.1. The maximum Gasteiger partial charge on any atom is 0.123 e. The molecule has 0 aliphatic heterocycles. The van der Waals surface area contributed by atoms with Crippen LogP contribution in [0.1, 0.15) is 51.7 Å². The normalized spacial score (nSPS) is 13.6. The minimum atomic E-state index is -0.662. The van der Waals surface area contributed by atoms with Gasteiger partial charge in [0.2, 0.25) is 0 Å². The molecule has 0 aliphatic rings. The van der Waals surface area contributed by atoms with Crippen LogP contribution in [0, 0.1) is 5.82 Å². The molecule has 0 aromatic heterocycles. The van der Waals surface area contributed by atoms with Crippen molar-refractivity contribution >= 4 is 0 Å². The fraction of sp³-hybridized carbons (Fsp3) is 0.600. The van der Waals surface area contributed by atoms with Crippen molar-refractivity contribution in [2.24, 2.45) is 0 Å². The molecule has 1 unspecified atom stereocenters. The van der Waals surface area contributed by atoms with Crippen molar-refractivity contribution in [3.8, 4) is 0 Å². The van der Waals surface area contributed by atoms with Gasteiger partial charge < -0.3 is 10.4 Å². The van der Waals surface area contributed by atoms with Gasteiger partial charge in [0.05, 0.1) is 6.10 Å². The Labute approximate surface area is 109 Å². The fourth-order valence-corrected chi connectivity index (χ4v) is 2.27. The largest absolute Gasteiger partial charge is 0.387 e. The van der Waals surface area contributed by atoms with E-state index >= 15 is 0 Å². The van der Waals surface area contributed by atoms with Gasteiger partial charge in [-0.15, -0.1) is 0 Å². The van der Waals surface area contributed by atoms with Crippen molar-refractivity contribution < 1.29 is 9.50 Å². The molecule has 0 radical (unpaired) electrons. The van der Waals surface area contributed by atoms with Crippen molar-refractivity contribution in [1.29, 1.82) is 0 Å². The van der Waals surface area contributed by atoms with E-state index in [9.17, 15) is 9.50 Å². The number of aliphatic hydroxyl groups is 1. The zero-order valence-corrected chi connectivity index (χ0v) is 11.5. The van der Waals surface area contributed by atoms with Gasteiger partial charge in [-0.25, -0.2) is 4.39 Å². The molecule has 0 bridgehead atoms. The Morgan fingerprint density at radius 1 is 1.22 bits per heavy atom. The summed E-state index contributed by atoms with van der Waals surface area (Å²) in [5.41, 5.74) is 0.702. The fourth-order valence-electron chi connectivity index (χ4n) is 2.27. The summed E-state index contributed by atoms with van der Waals surface area (Å²) in [5, 5.41) is 13.5. The lowest BCUT2D eigenvalue weighted by Gasteiger charge is -2.33. The molecule has 0 aliphatic carbocycles. The monoisotopic (exact) mass is 253 g/mol. The van der Waals surface area contributed by atoms with E-state index in [1.54, 1.807) is 12.1 Å². The van der Waals surface area contributed by atoms with Gasteiger partial charge in [-0.05, 0) is 37.0 Å². The zero-order chi connectivity index (χ0) is 13.6. The molecular weight excluding hydrogens is 229 g/mol. The van der Waals surface area contributed by atoms with Crippen LogP contribution in [-0.2, 0) is 0 Å². The summed E-state index contributed by atoms with van der Waals surface area (Å²) in [6.45, 7) is 6.90. The van der Waals surface area contributed by atoms with Gasteiger partial charge in [-0.2, -0.15) is 0 Å². The lowest BCUT2D eigenvalue weighted by molar-refractivity contribution is 0.150. The van der Waals surface area contributed by atoms with Crippen molar-refractivity contribution in [1.82, 2.24) is 5.32 Å². The third kappa shape index (κ3) is 3.79. The molecule has 2 N–H and O–H groups in total. The molecule has 1 aromatic carbocycles. The Hall–Kier alpha value is -0.930. The third-order valence-corrected chi connectivity index (χ3v) is 3.93. The molecule has 0 amide bonds. The van der Waals surface area contributed by atoms with E-state index in [1.807, 2.05) is 0 Å². The van der Waals surface area contributed by atoms with E-state index in [0.717, 1.165) is 19.3 Å². The minimum absolute atomic E-state index is 0.0777. The van der Waals surface area contributed by atoms with Crippen LogP contribution < -0.4 is 5.32 Å². The molecule has 3 heteroatoms. The summed E-state index contributed by atoms with van der Waals surface area (Å²) in [6.07, 6.45) is 2.41. The van der Waals surface area contributed by atoms with E-state index in [0.29, 0.717) is 12.1 Å². The van der Waals surface area contributed by atoms with Crippen LogP contribution in [0.15, 0.2) is 24.3 Å². The Kier molecular flexibility index (Phi) is 5.76. The van der Waals surface area contributed by atoms with Crippen molar-refractivity contribution in [3.63, 3.8) is 0 Å². The summed E-state index contributed by atoms with van der Waals surface area (Å²) in [7, 11) is 0. The van der Waals surface area contributed by atoms with Gasteiger partial charge in [0.1, 0.15) is 5.82 Å². The van der Waals surface area contributed by atoms with E-state index in [-0.39, 0.29) is 11.4 Å². The topological polar surface area (TPSA) is 32.3 Å². The van der Waals surface area contributed by atoms with Crippen molar-refractivity contribution in [3.05, 3.63) is 35.6 Å². The molecule has 102 valence electrons. The van der Waals surface area contributed by atoms with E-state index in [2.05, 4.69) is 26.1 Å². The van der Waals surface area contributed by atoms with Crippen LogP contribution in [0.3, 0.4) is 0 Å². The quantitative estimate of drug-likeness (QED) is 0.780. The summed E-state index contributed by atoms with van der Waals surface area (Å²) in [5.74, 6) is -0.306. The molecular formula is C15H24FNO. The molecule has 2 nitrogen and oxygen atoms in total. The van der Waals surface area contributed by atoms with Crippen LogP contribution >= 0.6 is 0 Å². The van der Waals surface area contributed by atoms with Gasteiger partial charge in [0, 0.05) is 12.1 Å². The molecule has 18 heavy (non-hydrogen) atoms. The number of hydrogen-bond acceptors (Lipinski definition) is 2. The van der Waals surface area contributed by atoms with Crippen molar-refractivity contribution in [2.75, 3.05) is 6.54 Å². The Balaban J connectivity index is 2.62. The Morgan fingerprint density at radius 3 is 2.33 bits per heavy atom. The second-order valence-electron chi connectivity index (χ2n) is 4.79. The molecule has 1 aromatic rings. The maximum atomic E-state index is 13.1. The number of β-amino-alcohol motifs (C(OH)–C–C–N with tert-alkyl or cyclic N) is 1. The second-order valence-corrected chi connectivity index (χ2v) is 4.79. The average molecular weight is 253 g/mol. The van der Waals surface area contributed by atoms with Gasteiger partial charge in [-0.1, -0.05) is 32.9 Å². The molecule has 0 saturated heterocycles. The van der Waals surface area contributed by atoms with Gasteiger partial charge in [0.25, 0.3) is 0 Å². The lowest BCUT2D eigenvalue weighted by Crippen LogP contribution is -2.45. The third-order valence-electron chi connectivity index (χ3n) is 3.93. The summed E-state index contributed by atoms with van der Waals surface area (Å²) >= 11 is 0. The number of nitrogens with one attached hydrogen (secondary N) is 1. The van der Waals surface area contributed by atoms with E-state index in [1.165, 1.54) is 12.1 Å². The zero-order valence-electron chi connectivity index (χ0n) is 11.5. The predicted octanol–water partition coefficient (Wildman–Crippen LogP) is 3.42. The number of benzene rings is 1. The first-order valence-corrected chi connectivity index (χ1v) is 6.75. The van der Waals surface area contributed by atoms with Crippen LogP contribution in [0.2, 0.25) is 0 Å². The molecule has 0 fully saturated rings. The summed E-state index contributed by atoms with van der Waals surface area (Å²) in [6, 6.07) is 6.15.